The standard InChI is InChI=1S/C15H16Br2N4/c1-2-3-6-15(8-18,9-21-11-19-10-20-21)13-5-4-12(16)7-14(13)17/h4-5,7,10-11H,2-3,6,9H2,1H3. The molecule has 0 aliphatic rings. The molecule has 4 nitrogen and oxygen atoms in total. The fourth-order valence-electron chi connectivity index (χ4n) is 2.40. The van der Waals surface area contributed by atoms with Gasteiger partial charge in [0.1, 0.15) is 18.1 Å². The number of hydrogen-bond donors (Lipinski definition) is 0. The summed E-state index contributed by atoms with van der Waals surface area (Å²) in [7, 11) is 0. The smallest absolute Gasteiger partial charge is 0.137 e. The lowest BCUT2D eigenvalue weighted by atomic mass is 9.77. The predicted octanol–water partition coefficient (Wildman–Crippen LogP) is 4.45. The zero-order valence-electron chi connectivity index (χ0n) is 11.8. The van der Waals surface area contributed by atoms with Crippen molar-refractivity contribution < 1.29 is 0 Å². The van der Waals surface area contributed by atoms with E-state index < -0.39 is 5.41 Å². The molecule has 0 saturated heterocycles. The Morgan fingerprint density at radius 1 is 1.38 bits per heavy atom. The maximum atomic E-state index is 9.91. The maximum absolute atomic E-state index is 9.91. The van der Waals surface area contributed by atoms with E-state index in [2.05, 4.69) is 54.9 Å². The van der Waals surface area contributed by atoms with E-state index in [1.165, 1.54) is 6.33 Å². The van der Waals surface area contributed by atoms with Crippen molar-refractivity contribution in [1.82, 2.24) is 14.8 Å². The van der Waals surface area contributed by atoms with Gasteiger partial charge in [-0.25, -0.2) is 4.98 Å². The third-order valence-corrected chi connectivity index (χ3v) is 4.67. The van der Waals surface area contributed by atoms with Gasteiger partial charge in [0.2, 0.25) is 0 Å². The van der Waals surface area contributed by atoms with Gasteiger partial charge in [-0.1, -0.05) is 57.7 Å². The van der Waals surface area contributed by atoms with E-state index in [4.69, 9.17) is 0 Å². The van der Waals surface area contributed by atoms with Crippen molar-refractivity contribution in [2.45, 2.75) is 38.1 Å². The van der Waals surface area contributed by atoms with Crippen LogP contribution in [0.1, 0.15) is 31.7 Å². The molecule has 2 rings (SSSR count). The second-order valence-electron chi connectivity index (χ2n) is 5.01. The van der Waals surface area contributed by atoms with Gasteiger partial charge in [-0.05, 0) is 24.1 Å². The van der Waals surface area contributed by atoms with E-state index >= 15 is 0 Å². The lowest BCUT2D eigenvalue weighted by molar-refractivity contribution is 0.389. The molecule has 21 heavy (non-hydrogen) atoms. The topological polar surface area (TPSA) is 54.5 Å². The number of unbranched alkanes of at least 4 members (excludes halogenated alkanes) is 1. The lowest BCUT2D eigenvalue weighted by Crippen LogP contribution is -2.31. The summed E-state index contributed by atoms with van der Waals surface area (Å²) in [6.07, 6.45) is 5.99. The summed E-state index contributed by atoms with van der Waals surface area (Å²) in [5.41, 5.74) is 0.389. The molecule has 0 N–H and O–H groups in total. The molecular formula is C15H16Br2N4. The second-order valence-corrected chi connectivity index (χ2v) is 6.78. The summed E-state index contributed by atoms with van der Waals surface area (Å²) in [6.45, 7) is 2.64. The van der Waals surface area contributed by atoms with Crippen LogP contribution in [0.25, 0.3) is 0 Å². The molecule has 0 fully saturated rings. The van der Waals surface area contributed by atoms with E-state index in [0.717, 1.165) is 33.8 Å². The van der Waals surface area contributed by atoms with E-state index in [1.54, 1.807) is 11.0 Å². The van der Waals surface area contributed by atoms with Crippen LogP contribution in [0.4, 0.5) is 0 Å². The molecule has 1 heterocycles. The minimum absolute atomic E-state index is 0.504. The van der Waals surface area contributed by atoms with Crippen LogP contribution < -0.4 is 0 Å². The monoisotopic (exact) mass is 410 g/mol. The second kappa shape index (κ2) is 7.19. The lowest BCUT2D eigenvalue weighted by Gasteiger charge is -2.28. The van der Waals surface area contributed by atoms with Gasteiger partial charge in [-0.3, -0.25) is 4.68 Å². The zero-order chi connectivity index (χ0) is 15.3. The zero-order valence-corrected chi connectivity index (χ0v) is 14.9. The summed E-state index contributed by atoms with van der Waals surface area (Å²) >= 11 is 7.05. The first-order valence-electron chi connectivity index (χ1n) is 6.80. The molecule has 1 aromatic carbocycles. The molecule has 0 saturated carbocycles. The Bertz CT molecular complexity index is 634. The Kier molecular flexibility index (Phi) is 5.54. The van der Waals surface area contributed by atoms with Crippen LogP contribution in [-0.4, -0.2) is 14.8 Å². The van der Waals surface area contributed by atoms with E-state index in [-0.39, 0.29) is 0 Å². The van der Waals surface area contributed by atoms with Gasteiger partial charge >= 0.3 is 0 Å². The number of nitriles is 1. The number of halogens is 2. The van der Waals surface area contributed by atoms with Crippen LogP contribution in [0, 0.1) is 11.3 Å². The van der Waals surface area contributed by atoms with Crippen LogP contribution in [0.15, 0.2) is 39.8 Å². The largest absolute Gasteiger partial charge is 0.251 e. The first kappa shape index (κ1) is 16.2. The molecule has 0 aliphatic heterocycles. The Labute approximate surface area is 141 Å². The van der Waals surface area contributed by atoms with Crippen LogP contribution >= 0.6 is 31.9 Å². The van der Waals surface area contributed by atoms with Crippen LogP contribution in [0.2, 0.25) is 0 Å². The number of nitrogens with zero attached hydrogens (tertiary/aromatic N) is 4. The van der Waals surface area contributed by atoms with Crippen LogP contribution in [0.3, 0.4) is 0 Å². The van der Waals surface area contributed by atoms with Crippen LogP contribution in [0.5, 0.6) is 0 Å². The minimum atomic E-state index is -0.608. The molecule has 0 radical (unpaired) electrons. The predicted molar refractivity (Wildman–Crippen MR) is 88.7 cm³/mol. The molecule has 2 aromatic rings. The van der Waals surface area contributed by atoms with Gasteiger partial charge in [0.25, 0.3) is 0 Å². The Hall–Kier alpha value is -1.19. The number of rotatable bonds is 6. The molecule has 1 aromatic heterocycles. The van der Waals surface area contributed by atoms with Crippen molar-refractivity contribution in [2.24, 2.45) is 0 Å². The summed E-state index contributed by atoms with van der Waals surface area (Å²) in [5.74, 6) is 0. The van der Waals surface area contributed by atoms with Gasteiger partial charge in [0, 0.05) is 8.95 Å². The van der Waals surface area contributed by atoms with Crippen molar-refractivity contribution in [3.63, 3.8) is 0 Å². The molecule has 0 amide bonds. The van der Waals surface area contributed by atoms with Crippen molar-refractivity contribution in [2.75, 3.05) is 0 Å². The quantitative estimate of drug-likeness (QED) is 0.705. The summed E-state index contributed by atoms with van der Waals surface area (Å²) in [4.78, 5) is 3.97. The van der Waals surface area contributed by atoms with Crippen molar-refractivity contribution in [1.29, 1.82) is 5.26 Å². The Morgan fingerprint density at radius 2 is 2.19 bits per heavy atom. The molecular weight excluding hydrogens is 396 g/mol. The van der Waals surface area contributed by atoms with Gasteiger partial charge < -0.3 is 0 Å². The van der Waals surface area contributed by atoms with Crippen molar-refractivity contribution in [3.8, 4) is 6.07 Å². The summed E-state index contributed by atoms with van der Waals surface area (Å²) in [6, 6.07) is 8.49. The average molecular weight is 412 g/mol. The molecule has 1 atom stereocenters. The van der Waals surface area contributed by atoms with Crippen molar-refractivity contribution >= 4 is 31.9 Å². The van der Waals surface area contributed by atoms with Crippen molar-refractivity contribution in [3.05, 3.63) is 45.4 Å². The van der Waals surface area contributed by atoms with Gasteiger partial charge in [-0.2, -0.15) is 10.4 Å². The first-order valence-corrected chi connectivity index (χ1v) is 8.39. The van der Waals surface area contributed by atoms with Gasteiger partial charge in [0.15, 0.2) is 0 Å². The molecule has 1 unspecified atom stereocenters. The normalized spacial score (nSPS) is 13.6. The number of benzene rings is 1. The summed E-state index contributed by atoms with van der Waals surface area (Å²) < 4.78 is 3.66. The third-order valence-electron chi connectivity index (χ3n) is 3.52. The van der Waals surface area contributed by atoms with Gasteiger partial charge in [0.05, 0.1) is 12.6 Å². The van der Waals surface area contributed by atoms with E-state index in [0.29, 0.717) is 6.54 Å². The highest BCUT2D eigenvalue weighted by Gasteiger charge is 2.34. The highest BCUT2D eigenvalue weighted by molar-refractivity contribution is 9.11. The fraction of sp³-hybridized carbons (Fsp3) is 0.400. The SMILES string of the molecule is CCCCC(C#N)(Cn1cncn1)c1ccc(Br)cc1Br. The molecule has 0 spiro atoms. The van der Waals surface area contributed by atoms with Gasteiger partial charge in [-0.15, -0.1) is 0 Å². The fourth-order valence-corrected chi connectivity index (χ4v) is 3.82. The third kappa shape index (κ3) is 3.72. The Balaban J connectivity index is 2.45. The number of aromatic nitrogens is 3. The van der Waals surface area contributed by atoms with Crippen LogP contribution in [-0.2, 0) is 12.0 Å². The van der Waals surface area contributed by atoms with E-state index in [9.17, 15) is 5.26 Å². The van der Waals surface area contributed by atoms with E-state index in [1.807, 2.05) is 18.2 Å². The summed E-state index contributed by atoms with van der Waals surface area (Å²) in [5, 5.41) is 14.1. The highest BCUT2D eigenvalue weighted by atomic mass is 79.9. The minimum Gasteiger partial charge on any atom is -0.251 e. The molecule has 0 aliphatic carbocycles. The molecule has 6 heteroatoms. The average Bonchev–Trinajstić information content (AvgIpc) is 2.96. The molecule has 0 bridgehead atoms. The Morgan fingerprint density at radius 3 is 2.76 bits per heavy atom. The maximum Gasteiger partial charge on any atom is 0.137 e. The first-order chi connectivity index (χ1) is 10.1. The number of hydrogen-bond acceptors (Lipinski definition) is 3. The highest BCUT2D eigenvalue weighted by Crippen LogP contribution is 2.37. The molecule has 110 valence electrons.